The minimum atomic E-state index is 0.708. The van der Waals surface area contributed by atoms with E-state index in [0.29, 0.717) is 5.92 Å². The van der Waals surface area contributed by atoms with Gasteiger partial charge in [0, 0.05) is 0 Å². The van der Waals surface area contributed by atoms with Gasteiger partial charge in [-0.3, -0.25) is 0 Å². The van der Waals surface area contributed by atoms with Gasteiger partial charge in [0.2, 0.25) is 0 Å². The van der Waals surface area contributed by atoms with Crippen molar-refractivity contribution in [2.75, 3.05) is 0 Å². The summed E-state index contributed by atoms with van der Waals surface area (Å²) < 4.78 is 0. The number of benzene rings is 2. The van der Waals surface area contributed by atoms with E-state index in [1.807, 2.05) is 0 Å². The molecule has 0 heterocycles. The lowest BCUT2D eigenvalue weighted by molar-refractivity contribution is 0.319. The molecular formula is C26H34. The zero-order valence-corrected chi connectivity index (χ0v) is 16.6. The summed E-state index contributed by atoms with van der Waals surface area (Å²) in [5, 5.41) is 0. The molecule has 138 valence electrons. The third kappa shape index (κ3) is 3.75. The summed E-state index contributed by atoms with van der Waals surface area (Å²) in [6.07, 6.45) is 12.0. The van der Waals surface area contributed by atoms with Crippen molar-refractivity contribution in [3.63, 3.8) is 0 Å². The largest absolute Gasteiger partial charge is 0.0651 e. The van der Waals surface area contributed by atoms with E-state index in [1.165, 1.54) is 56.9 Å². The molecule has 2 aliphatic rings. The van der Waals surface area contributed by atoms with Crippen molar-refractivity contribution in [2.24, 2.45) is 5.92 Å². The van der Waals surface area contributed by atoms with Crippen molar-refractivity contribution >= 4 is 0 Å². The minimum absolute atomic E-state index is 0.708. The average Bonchev–Trinajstić information content (AvgIpc) is 2.73. The molecule has 0 radical (unpaired) electrons. The van der Waals surface area contributed by atoms with Gasteiger partial charge in [-0.2, -0.15) is 0 Å². The number of fused-ring (bicyclic) bond motifs is 1. The highest BCUT2D eigenvalue weighted by Crippen LogP contribution is 2.38. The Labute approximate surface area is 160 Å². The Bertz CT molecular complexity index is 716. The molecule has 0 aromatic heterocycles. The van der Waals surface area contributed by atoms with E-state index in [2.05, 4.69) is 56.3 Å². The predicted octanol–water partition coefficient (Wildman–Crippen LogP) is 7.21. The average molecular weight is 347 g/mol. The second-order valence-corrected chi connectivity index (χ2v) is 8.69. The fraction of sp³-hybridized carbons (Fsp3) is 0.538. The van der Waals surface area contributed by atoms with Gasteiger partial charge in [-0.05, 0) is 96.9 Å². The molecule has 0 aliphatic heterocycles. The monoisotopic (exact) mass is 346 g/mol. The van der Waals surface area contributed by atoms with Crippen LogP contribution in [0, 0.1) is 5.92 Å². The van der Waals surface area contributed by atoms with Crippen LogP contribution in [0.1, 0.15) is 92.0 Å². The Morgan fingerprint density at radius 3 is 2.08 bits per heavy atom. The fourth-order valence-electron chi connectivity index (χ4n) is 5.26. The van der Waals surface area contributed by atoms with Crippen LogP contribution in [0.15, 0.2) is 42.5 Å². The van der Waals surface area contributed by atoms with Crippen molar-refractivity contribution < 1.29 is 0 Å². The van der Waals surface area contributed by atoms with Gasteiger partial charge in [-0.15, -0.1) is 0 Å². The van der Waals surface area contributed by atoms with Gasteiger partial charge in [0.05, 0.1) is 0 Å². The molecule has 0 amide bonds. The molecule has 2 aliphatic carbocycles. The standard InChI is InChI=1S/C26H34/c1-3-19-5-8-21(9-6-19)22-11-13-23(14-12-22)25-16-15-24-17-20(4-2)7-10-26(24)18-25/h7,10-14,17,19,21,25H,3-6,8-9,15-16,18H2,1-2H3. The van der Waals surface area contributed by atoms with E-state index in [-0.39, 0.29) is 0 Å². The summed E-state index contributed by atoms with van der Waals surface area (Å²) in [6, 6.07) is 16.9. The Balaban J connectivity index is 1.42. The highest BCUT2D eigenvalue weighted by atomic mass is 14.3. The fourth-order valence-corrected chi connectivity index (χ4v) is 5.26. The summed E-state index contributed by atoms with van der Waals surface area (Å²) in [7, 11) is 0. The first-order valence-electron chi connectivity index (χ1n) is 11.0. The second-order valence-electron chi connectivity index (χ2n) is 8.69. The maximum atomic E-state index is 2.45. The SMILES string of the molecule is CCc1ccc2c(c1)CCC(c1ccc(C3CCC(CC)CC3)cc1)C2. The molecule has 1 atom stereocenters. The Hall–Kier alpha value is -1.56. The van der Waals surface area contributed by atoms with E-state index in [1.54, 1.807) is 22.3 Å². The molecule has 0 heteroatoms. The third-order valence-electron chi connectivity index (χ3n) is 7.21. The van der Waals surface area contributed by atoms with Gasteiger partial charge in [0.1, 0.15) is 0 Å². The molecule has 1 saturated carbocycles. The van der Waals surface area contributed by atoms with Gasteiger partial charge >= 0.3 is 0 Å². The number of rotatable bonds is 4. The van der Waals surface area contributed by atoms with Crippen molar-refractivity contribution in [1.29, 1.82) is 0 Å². The summed E-state index contributed by atoms with van der Waals surface area (Å²) >= 11 is 0. The first-order valence-corrected chi connectivity index (χ1v) is 11.0. The highest BCUT2D eigenvalue weighted by Gasteiger charge is 2.23. The maximum Gasteiger partial charge on any atom is -0.0118 e. The van der Waals surface area contributed by atoms with Gasteiger partial charge in [-0.25, -0.2) is 0 Å². The van der Waals surface area contributed by atoms with Crippen LogP contribution in [0.3, 0.4) is 0 Å². The maximum absolute atomic E-state index is 2.45. The van der Waals surface area contributed by atoms with Crippen molar-refractivity contribution in [3.8, 4) is 0 Å². The molecular weight excluding hydrogens is 312 g/mol. The molecule has 4 rings (SSSR count). The first-order chi connectivity index (χ1) is 12.8. The number of hydrogen-bond acceptors (Lipinski definition) is 0. The lowest BCUT2D eigenvalue weighted by Gasteiger charge is -2.29. The van der Waals surface area contributed by atoms with Crippen molar-refractivity contribution in [1.82, 2.24) is 0 Å². The van der Waals surface area contributed by atoms with Crippen LogP contribution in [-0.2, 0) is 19.3 Å². The molecule has 0 bridgehead atoms. The predicted molar refractivity (Wildman–Crippen MR) is 112 cm³/mol. The van der Waals surface area contributed by atoms with Gasteiger partial charge in [0.15, 0.2) is 0 Å². The van der Waals surface area contributed by atoms with Gasteiger partial charge < -0.3 is 0 Å². The normalized spacial score (nSPS) is 25.7. The Morgan fingerprint density at radius 1 is 0.731 bits per heavy atom. The van der Waals surface area contributed by atoms with Crippen LogP contribution >= 0.6 is 0 Å². The lowest BCUT2D eigenvalue weighted by Crippen LogP contribution is -2.14. The third-order valence-corrected chi connectivity index (χ3v) is 7.21. The Kier molecular flexibility index (Phi) is 5.48. The van der Waals surface area contributed by atoms with Crippen LogP contribution in [0.5, 0.6) is 0 Å². The second kappa shape index (κ2) is 7.99. The van der Waals surface area contributed by atoms with E-state index in [9.17, 15) is 0 Å². The number of hydrogen-bond donors (Lipinski definition) is 0. The molecule has 1 unspecified atom stereocenters. The molecule has 0 nitrogen and oxygen atoms in total. The molecule has 0 N–H and O–H groups in total. The minimum Gasteiger partial charge on any atom is -0.0651 e. The molecule has 2 aromatic carbocycles. The summed E-state index contributed by atoms with van der Waals surface area (Å²) in [5.41, 5.74) is 7.82. The summed E-state index contributed by atoms with van der Waals surface area (Å²) in [6.45, 7) is 4.61. The lowest BCUT2D eigenvalue weighted by atomic mass is 9.76. The van der Waals surface area contributed by atoms with E-state index < -0.39 is 0 Å². The summed E-state index contributed by atoms with van der Waals surface area (Å²) in [4.78, 5) is 0. The van der Waals surface area contributed by atoms with Gasteiger partial charge in [-0.1, -0.05) is 62.7 Å². The van der Waals surface area contributed by atoms with Crippen LogP contribution in [0.25, 0.3) is 0 Å². The molecule has 1 fully saturated rings. The van der Waals surface area contributed by atoms with Crippen LogP contribution < -0.4 is 0 Å². The zero-order valence-electron chi connectivity index (χ0n) is 16.6. The van der Waals surface area contributed by atoms with E-state index in [4.69, 9.17) is 0 Å². The molecule has 0 saturated heterocycles. The van der Waals surface area contributed by atoms with Crippen molar-refractivity contribution in [2.45, 2.75) is 83.5 Å². The van der Waals surface area contributed by atoms with E-state index >= 15 is 0 Å². The van der Waals surface area contributed by atoms with Crippen LogP contribution in [0.2, 0.25) is 0 Å². The van der Waals surface area contributed by atoms with Crippen LogP contribution in [0.4, 0.5) is 0 Å². The molecule has 0 spiro atoms. The topological polar surface area (TPSA) is 0 Å². The summed E-state index contributed by atoms with van der Waals surface area (Å²) in [5.74, 6) is 2.51. The first kappa shape index (κ1) is 17.8. The van der Waals surface area contributed by atoms with Gasteiger partial charge in [0.25, 0.3) is 0 Å². The quantitative estimate of drug-likeness (QED) is 0.549. The van der Waals surface area contributed by atoms with Crippen molar-refractivity contribution in [3.05, 3.63) is 70.3 Å². The van der Waals surface area contributed by atoms with Crippen LogP contribution in [-0.4, -0.2) is 0 Å². The highest BCUT2D eigenvalue weighted by molar-refractivity contribution is 5.38. The molecule has 26 heavy (non-hydrogen) atoms. The molecule has 2 aromatic rings. The number of aryl methyl sites for hydroxylation is 2. The Morgan fingerprint density at radius 2 is 1.42 bits per heavy atom. The van der Waals surface area contributed by atoms with E-state index in [0.717, 1.165) is 18.3 Å². The smallest absolute Gasteiger partial charge is 0.0118 e. The zero-order chi connectivity index (χ0) is 17.9.